The lowest BCUT2D eigenvalue weighted by molar-refractivity contribution is 0.301. The van der Waals surface area contributed by atoms with E-state index >= 15 is 0 Å². The summed E-state index contributed by atoms with van der Waals surface area (Å²) in [6.45, 7) is 1.60. The molecule has 2 nitrogen and oxygen atoms in total. The highest BCUT2D eigenvalue weighted by Gasteiger charge is 2.07. The molecule has 1 aromatic carbocycles. The molecule has 0 spiro atoms. The molecule has 0 radical (unpaired) electrons. The lowest BCUT2D eigenvalue weighted by Gasteiger charge is -2.06. The molecule has 1 aromatic heterocycles. The smallest absolute Gasteiger partial charge is 0.132 e. The van der Waals surface area contributed by atoms with Gasteiger partial charge >= 0.3 is 0 Å². The van der Waals surface area contributed by atoms with E-state index in [9.17, 15) is 8.78 Å². The number of furan rings is 1. The van der Waals surface area contributed by atoms with Gasteiger partial charge in [0.25, 0.3) is 0 Å². The van der Waals surface area contributed by atoms with Crippen molar-refractivity contribution in [1.29, 1.82) is 0 Å². The number of halogens is 2. The second kappa shape index (κ2) is 4.35. The molecule has 0 N–H and O–H groups in total. The van der Waals surface area contributed by atoms with Crippen molar-refractivity contribution in [3.05, 3.63) is 53.5 Å². The van der Waals surface area contributed by atoms with Crippen LogP contribution < -0.4 is 4.74 Å². The van der Waals surface area contributed by atoms with Crippen LogP contribution in [-0.4, -0.2) is 0 Å². The summed E-state index contributed by atoms with van der Waals surface area (Å²) in [7, 11) is 0. The Labute approximate surface area is 91.5 Å². The van der Waals surface area contributed by atoms with Gasteiger partial charge in [0.2, 0.25) is 0 Å². The Morgan fingerprint density at radius 3 is 2.50 bits per heavy atom. The van der Waals surface area contributed by atoms with Crippen LogP contribution in [0.5, 0.6) is 5.75 Å². The highest BCUT2D eigenvalue weighted by Crippen LogP contribution is 2.20. The molecule has 2 aromatic rings. The van der Waals surface area contributed by atoms with Gasteiger partial charge in [0.05, 0.1) is 12.5 Å². The van der Waals surface area contributed by atoms with Crippen LogP contribution in [0.15, 0.2) is 35.1 Å². The van der Waals surface area contributed by atoms with Crippen LogP contribution in [0.1, 0.15) is 11.1 Å². The predicted molar refractivity (Wildman–Crippen MR) is 54.1 cm³/mol. The fraction of sp³-hybridized carbons (Fsp3) is 0.167. The lowest BCUT2D eigenvalue weighted by atomic mass is 10.2. The van der Waals surface area contributed by atoms with Gasteiger partial charge in [-0.3, -0.25) is 0 Å². The van der Waals surface area contributed by atoms with E-state index in [1.165, 1.54) is 31.6 Å². The molecule has 0 atom stereocenters. The van der Waals surface area contributed by atoms with Crippen LogP contribution >= 0.6 is 0 Å². The molecule has 1 heterocycles. The first-order valence-corrected chi connectivity index (χ1v) is 4.76. The van der Waals surface area contributed by atoms with Crippen LogP contribution in [0.2, 0.25) is 0 Å². The minimum absolute atomic E-state index is 0.00402. The first-order valence-electron chi connectivity index (χ1n) is 4.76. The maximum Gasteiger partial charge on any atom is 0.132 e. The average molecular weight is 224 g/mol. The summed E-state index contributed by atoms with van der Waals surface area (Å²) in [6.07, 6.45) is 3.02. The summed E-state index contributed by atoms with van der Waals surface area (Å²) in [5.74, 6) is -1.05. The van der Waals surface area contributed by atoms with E-state index in [0.29, 0.717) is 0 Å². The van der Waals surface area contributed by atoms with E-state index in [-0.39, 0.29) is 17.9 Å². The van der Waals surface area contributed by atoms with Gasteiger partial charge in [0.1, 0.15) is 24.0 Å². The van der Waals surface area contributed by atoms with Gasteiger partial charge in [-0.05, 0) is 13.0 Å². The van der Waals surface area contributed by atoms with E-state index in [0.717, 1.165) is 5.56 Å². The second-order valence-electron chi connectivity index (χ2n) is 3.43. The maximum atomic E-state index is 13.2. The molecule has 0 unspecified atom stereocenters. The third kappa shape index (κ3) is 2.21. The third-order valence-electron chi connectivity index (χ3n) is 2.24. The zero-order valence-corrected chi connectivity index (χ0v) is 8.67. The Balaban J connectivity index is 2.10. The standard InChI is InChI=1S/C12H10F2O2/c1-8-11(13)4-10(5-12(8)14)16-7-9-2-3-15-6-9/h2-6H,7H2,1H3. The molecule has 0 saturated carbocycles. The van der Waals surface area contributed by atoms with Crippen LogP contribution in [0, 0.1) is 18.6 Å². The Bertz CT molecular complexity index is 455. The summed E-state index contributed by atoms with van der Waals surface area (Å²) in [5, 5.41) is 0. The fourth-order valence-electron chi connectivity index (χ4n) is 1.25. The van der Waals surface area contributed by atoms with Crippen molar-refractivity contribution in [1.82, 2.24) is 0 Å². The van der Waals surface area contributed by atoms with Crippen LogP contribution in [0.25, 0.3) is 0 Å². The Hall–Kier alpha value is -1.84. The predicted octanol–water partition coefficient (Wildman–Crippen LogP) is 3.45. The summed E-state index contributed by atoms with van der Waals surface area (Å²) in [6, 6.07) is 4.05. The van der Waals surface area contributed by atoms with Gasteiger partial charge in [0.15, 0.2) is 0 Å². The van der Waals surface area contributed by atoms with E-state index in [2.05, 4.69) is 0 Å². The average Bonchev–Trinajstić information content (AvgIpc) is 2.75. The highest BCUT2D eigenvalue weighted by molar-refractivity contribution is 5.29. The van der Waals surface area contributed by atoms with Crippen LogP contribution in [0.3, 0.4) is 0 Å². The van der Waals surface area contributed by atoms with E-state index in [4.69, 9.17) is 9.15 Å². The van der Waals surface area contributed by atoms with Crippen molar-refractivity contribution in [2.75, 3.05) is 0 Å². The highest BCUT2D eigenvalue weighted by atomic mass is 19.1. The maximum absolute atomic E-state index is 13.2. The number of hydrogen-bond donors (Lipinski definition) is 0. The van der Waals surface area contributed by atoms with Crippen molar-refractivity contribution < 1.29 is 17.9 Å². The molecule has 84 valence electrons. The van der Waals surface area contributed by atoms with Crippen LogP contribution in [0.4, 0.5) is 8.78 Å². The van der Waals surface area contributed by atoms with Gasteiger partial charge in [-0.15, -0.1) is 0 Å². The molecular formula is C12H10F2O2. The molecule has 0 bridgehead atoms. The third-order valence-corrected chi connectivity index (χ3v) is 2.24. The van der Waals surface area contributed by atoms with Crippen molar-refractivity contribution in [3.63, 3.8) is 0 Å². The Morgan fingerprint density at radius 2 is 1.94 bits per heavy atom. The zero-order chi connectivity index (χ0) is 11.5. The molecule has 0 aliphatic carbocycles. The number of hydrogen-bond acceptors (Lipinski definition) is 2. The van der Waals surface area contributed by atoms with Gasteiger partial charge in [-0.2, -0.15) is 0 Å². The molecule has 0 saturated heterocycles. The van der Waals surface area contributed by atoms with Crippen molar-refractivity contribution in [2.24, 2.45) is 0 Å². The normalized spacial score (nSPS) is 10.4. The van der Waals surface area contributed by atoms with E-state index in [1.807, 2.05) is 0 Å². The summed E-state index contributed by atoms with van der Waals surface area (Å²) in [5.41, 5.74) is 0.803. The SMILES string of the molecule is Cc1c(F)cc(OCc2ccoc2)cc1F. The number of rotatable bonds is 3. The molecule has 0 aliphatic rings. The van der Waals surface area contributed by atoms with Gasteiger partial charge in [0, 0.05) is 23.3 Å². The first kappa shape index (κ1) is 10.7. The molecule has 16 heavy (non-hydrogen) atoms. The quantitative estimate of drug-likeness (QED) is 0.796. The summed E-state index contributed by atoms with van der Waals surface area (Å²) < 4.78 is 36.4. The summed E-state index contributed by atoms with van der Waals surface area (Å²) >= 11 is 0. The zero-order valence-electron chi connectivity index (χ0n) is 8.67. The van der Waals surface area contributed by atoms with Crippen LogP contribution in [-0.2, 0) is 6.61 Å². The van der Waals surface area contributed by atoms with Gasteiger partial charge in [-0.1, -0.05) is 0 Å². The second-order valence-corrected chi connectivity index (χ2v) is 3.43. The Morgan fingerprint density at radius 1 is 1.25 bits per heavy atom. The topological polar surface area (TPSA) is 22.4 Å². The number of benzene rings is 1. The molecule has 2 rings (SSSR count). The minimum Gasteiger partial charge on any atom is -0.489 e. The van der Waals surface area contributed by atoms with Gasteiger partial charge < -0.3 is 9.15 Å². The van der Waals surface area contributed by atoms with E-state index < -0.39 is 11.6 Å². The fourth-order valence-corrected chi connectivity index (χ4v) is 1.25. The monoisotopic (exact) mass is 224 g/mol. The van der Waals surface area contributed by atoms with E-state index in [1.54, 1.807) is 6.07 Å². The molecule has 0 amide bonds. The summed E-state index contributed by atoms with van der Waals surface area (Å²) in [4.78, 5) is 0. The van der Waals surface area contributed by atoms with Gasteiger partial charge in [-0.25, -0.2) is 8.78 Å². The van der Waals surface area contributed by atoms with Crippen molar-refractivity contribution in [3.8, 4) is 5.75 Å². The molecule has 4 heteroatoms. The Kier molecular flexibility index (Phi) is 2.90. The lowest BCUT2D eigenvalue weighted by Crippen LogP contribution is -1.97. The number of ether oxygens (including phenoxy) is 1. The minimum atomic E-state index is -0.609. The molecular weight excluding hydrogens is 214 g/mol. The van der Waals surface area contributed by atoms with Crippen molar-refractivity contribution in [2.45, 2.75) is 13.5 Å². The first-order chi connectivity index (χ1) is 7.66. The largest absolute Gasteiger partial charge is 0.489 e. The molecule has 0 fully saturated rings. The van der Waals surface area contributed by atoms with Crippen molar-refractivity contribution >= 4 is 0 Å². The molecule has 0 aliphatic heterocycles.